The molecule has 1 aromatic heterocycles. The molecule has 3 unspecified atom stereocenters. The van der Waals surface area contributed by atoms with Crippen molar-refractivity contribution in [2.24, 2.45) is 11.8 Å². The van der Waals surface area contributed by atoms with Gasteiger partial charge in [0.2, 0.25) is 0 Å². The maximum atomic E-state index is 3.99. The second-order valence-corrected chi connectivity index (χ2v) is 5.30. The number of hydrogen-bond donors (Lipinski definition) is 2. The molecule has 16 heavy (non-hydrogen) atoms. The van der Waals surface area contributed by atoms with Gasteiger partial charge in [-0.1, -0.05) is 19.8 Å². The lowest BCUT2D eigenvalue weighted by molar-refractivity contribution is 0.268. The summed E-state index contributed by atoms with van der Waals surface area (Å²) in [5, 5.41) is 10.5. The molecule has 1 fully saturated rings. The van der Waals surface area contributed by atoms with Gasteiger partial charge in [-0.25, -0.2) is 0 Å². The molecule has 1 aliphatic carbocycles. The lowest BCUT2D eigenvalue weighted by Crippen LogP contribution is -2.28. The lowest BCUT2D eigenvalue weighted by Gasteiger charge is -2.28. The van der Waals surface area contributed by atoms with Crippen molar-refractivity contribution in [1.82, 2.24) is 15.5 Å². The molecule has 1 aliphatic rings. The van der Waals surface area contributed by atoms with E-state index in [1.165, 1.54) is 31.2 Å². The Morgan fingerprint density at radius 3 is 3.12 bits per heavy atom. The highest BCUT2D eigenvalue weighted by atomic mass is 15.1. The van der Waals surface area contributed by atoms with E-state index in [4.69, 9.17) is 0 Å². The van der Waals surface area contributed by atoms with Crippen molar-refractivity contribution in [2.45, 2.75) is 45.6 Å². The van der Waals surface area contributed by atoms with Crippen LogP contribution in [-0.4, -0.2) is 16.7 Å². The summed E-state index contributed by atoms with van der Waals surface area (Å²) >= 11 is 0. The molecule has 1 saturated carbocycles. The second kappa shape index (κ2) is 5.48. The fraction of sp³-hybridized carbons (Fsp3) is 0.769. The Morgan fingerprint density at radius 2 is 2.44 bits per heavy atom. The summed E-state index contributed by atoms with van der Waals surface area (Å²) in [6.07, 6.45) is 9.50. The highest BCUT2D eigenvalue weighted by Crippen LogP contribution is 2.28. The van der Waals surface area contributed by atoms with Gasteiger partial charge < -0.3 is 5.32 Å². The van der Waals surface area contributed by atoms with Gasteiger partial charge in [-0.15, -0.1) is 0 Å². The van der Waals surface area contributed by atoms with Crippen LogP contribution in [0, 0.1) is 11.8 Å². The highest BCUT2D eigenvalue weighted by molar-refractivity contribution is 5.07. The van der Waals surface area contributed by atoms with Crippen LogP contribution < -0.4 is 5.32 Å². The van der Waals surface area contributed by atoms with E-state index in [1.54, 1.807) is 0 Å². The Hall–Kier alpha value is -0.830. The van der Waals surface area contributed by atoms with E-state index >= 15 is 0 Å². The molecule has 0 spiro atoms. The highest BCUT2D eigenvalue weighted by Gasteiger charge is 2.19. The van der Waals surface area contributed by atoms with Gasteiger partial charge in [0, 0.05) is 17.8 Å². The number of H-pyrrole nitrogens is 1. The summed E-state index contributed by atoms with van der Waals surface area (Å²) in [6.45, 7) is 5.74. The van der Waals surface area contributed by atoms with E-state index in [2.05, 4.69) is 29.4 Å². The zero-order valence-electron chi connectivity index (χ0n) is 10.4. The van der Waals surface area contributed by atoms with Crippen LogP contribution in [0.3, 0.4) is 0 Å². The average Bonchev–Trinajstić information content (AvgIpc) is 2.79. The van der Waals surface area contributed by atoms with Gasteiger partial charge in [0.25, 0.3) is 0 Å². The molecule has 3 heteroatoms. The van der Waals surface area contributed by atoms with Gasteiger partial charge in [-0.3, -0.25) is 5.10 Å². The predicted octanol–water partition coefficient (Wildman–Crippen LogP) is 2.89. The van der Waals surface area contributed by atoms with Crippen LogP contribution in [0.15, 0.2) is 12.4 Å². The fourth-order valence-electron chi connectivity index (χ4n) is 2.70. The summed E-state index contributed by atoms with van der Waals surface area (Å²) in [4.78, 5) is 0. The Balaban J connectivity index is 1.74. The molecule has 3 nitrogen and oxygen atoms in total. The molecule has 1 heterocycles. The first-order valence-electron chi connectivity index (χ1n) is 6.47. The normalized spacial score (nSPS) is 27.9. The van der Waals surface area contributed by atoms with E-state index in [9.17, 15) is 0 Å². The van der Waals surface area contributed by atoms with Crippen LogP contribution in [0.1, 0.15) is 51.1 Å². The van der Waals surface area contributed by atoms with Crippen LogP contribution in [0.25, 0.3) is 0 Å². The summed E-state index contributed by atoms with van der Waals surface area (Å²) in [5.74, 6) is 1.79. The Labute approximate surface area is 98.0 Å². The number of aromatic nitrogens is 2. The molecule has 0 saturated heterocycles. The molecule has 0 aromatic carbocycles. The van der Waals surface area contributed by atoms with Gasteiger partial charge in [0.05, 0.1) is 6.20 Å². The first-order valence-corrected chi connectivity index (χ1v) is 6.47. The van der Waals surface area contributed by atoms with E-state index < -0.39 is 0 Å². The van der Waals surface area contributed by atoms with Crippen molar-refractivity contribution in [3.05, 3.63) is 18.0 Å². The Bertz CT molecular complexity index is 294. The van der Waals surface area contributed by atoms with Crippen molar-refractivity contribution in [3.8, 4) is 0 Å². The topological polar surface area (TPSA) is 40.7 Å². The first kappa shape index (κ1) is 11.6. The minimum Gasteiger partial charge on any atom is -0.310 e. The third-order valence-corrected chi connectivity index (χ3v) is 3.78. The van der Waals surface area contributed by atoms with E-state index in [-0.39, 0.29) is 0 Å². The van der Waals surface area contributed by atoms with Crippen LogP contribution in [0.4, 0.5) is 0 Å². The third kappa shape index (κ3) is 3.08. The minimum atomic E-state index is 0.413. The van der Waals surface area contributed by atoms with Crippen LogP contribution in [-0.2, 0) is 0 Å². The molecule has 90 valence electrons. The molecule has 1 aromatic rings. The quantitative estimate of drug-likeness (QED) is 0.820. The third-order valence-electron chi connectivity index (χ3n) is 3.78. The molecule has 0 amide bonds. The number of rotatable bonds is 4. The number of hydrogen-bond acceptors (Lipinski definition) is 2. The summed E-state index contributed by atoms with van der Waals surface area (Å²) in [5.41, 5.74) is 1.25. The van der Waals surface area contributed by atoms with Crippen molar-refractivity contribution in [3.63, 3.8) is 0 Å². The summed E-state index contributed by atoms with van der Waals surface area (Å²) in [6, 6.07) is 0.413. The Kier molecular flexibility index (Phi) is 3.99. The molecule has 3 atom stereocenters. The van der Waals surface area contributed by atoms with Gasteiger partial charge in [0.15, 0.2) is 0 Å². The summed E-state index contributed by atoms with van der Waals surface area (Å²) < 4.78 is 0. The first-order chi connectivity index (χ1) is 7.75. The lowest BCUT2D eigenvalue weighted by atomic mass is 9.82. The molecule has 2 N–H and O–H groups in total. The van der Waals surface area contributed by atoms with Crippen molar-refractivity contribution < 1.29 is 0 Å². The van der Waals surface area contributed by atoms with Crippen molar-refractivity contribution in [1.29, 1.82) is 0 Å². The van der Waals surface area contributed by atoms with Gasteiger partial charge in [-0.05, 0) is 38.1 Å². The second-order valence-electron chi connectivity index (χ2n) is 5.30. The van der Waals surface area contributed by atoms with E-state index in [1.807, 2.05) is 12.4 Å². The minimum absolute atomic E-state index is 0.413. The molecule has 2 rings (SSSR count). The van der Waals surface area contributed by atoms with Crippen LogP contribution >= 0.6 is 0 Å². The van der Waals surface area contributed by atoms with Crippen LogP contribution in [0.2, 0.25) is 0 Å². The zero-order chi connectivity index (χ0) is 11.4. The molecular weight excluding hydrogens is 198 g/mol. The van der Waals surface area contributed by atoms with Gasteiger partial charge in [0.1, 0.15) is 0 Å². The van der Waals surface area contributed by atoms with Crippen LogP contribution in [0.5, 0.6) is 0 Å². The molecule has 0 aliphatic heterocycles. The predicted molar refractivity (Wildman–Crippen MR) is 66.1 cm³/mol. The zero-order valence-corrected chi connectivity index (χ0v) is 10.4. The number of aromatic amines is 1. The summed E-state index contributed by atoms with van der Waals surface area (Å²) in [7, 11) is 0. The monoisotopic (exact) mass is 221 g/mol. The Morgan fingerprint density at radius 1 is 1.56 bits per heavy atom. The van der Waals surface area contributed by atoms with Gasteiger partial charge in [-0.2, -0.15) is 5.10 Å². The largest absolute Gasteiger partial charge is 0.310 e. The van der Waals surface area contributed by atoms with Crippen molar-refractivity contribution in [2.75, 3.05) is 6.54 Å². The van der Waals surface area contributed by atoms with E-state index in [0.717, 1.165) is 18.4 Å². The maximum Gasteiger partial charge on any atom is 0.0534 e. The number of nitrogens with one attached hydrogen (secondary N) is 2. The average molecular weight is 221 g/mol. The van der Waals surface area contributed by atoms with E-state index in [0.29, 0.717) is 6.04 Å². The SMILES string of the molecule is CC1CCCC(CNC(C)c2cn[nH]c2)C1. The molecule has 0 bridgehead atoms. The van der Waals surface area contributed by atoms with Crippen molar-refractivity contribution >= 4 is 0 Å². The number of nitrogens with zero attached hydrogens (tertiary/aromatic N) is 1. The standard InChI is InChI=1S/C13H23N3/c1-10-4-3-5-12(6-10)7-14-11(2)13-8-15-16-9-13/h8-12,14H,3-7H2,1-2H3,(H,15,16). The maximum absolute atomic E-state index is 3.99. The molecule has 0 radical (unpaired) electrons. The van der Waals surface area contributed by atoms with Gasteiger partial charge >= 0.3 is 0 Å². The fourth-order valence-corrected chi connectivity index (χ4v) is 2.70. The molecular formula is C13H23N3. The smallest absolute Gasteiger partial charge is 0.0534 e.